The number of rotatable bonds is 6. The van der Waals surface area contributed by atoms with Crippen LogP contribution in [0.25, 0.3) is 6.08 Å². The van der Waals surface area contributed by atoms with Crippen LogP contribution in [0.3, 0.4) is 0 Å². The van der Waals surface area contributed by atoms with Gasteiger partial charge in [-0.1, -0.05) is 57.2 Å². The summed E-state index contributed by atoms with van der Waals surface area (Å²) in [6.45, 7) is 8.51. The number of sulfone groups is 1. The van der Waals surface area contributed by atoms with Gasteiger partial charge in [-0.3, -0.25) is 19.8 Å². The molecular weight excluding hydrogens is 492 g/mol. The van der Waals surface area contributed by atoms with Crippen molar-refractivity contribution in [2.75, 3.05) is 11.5 Å². The first kappa shape index (κ1) is 26.1. The van der Waals surface area contributed by atoms with E-state index in [1.54, 1.807) is 36.4 Å². The predicted molar refractivity (Wildman–Crippen MR) is 143 cm³/mol. The SMILES string of the molecule is CCOc1ccc(N2C(=O)/C(=C\c3ccc(C(C)(C)C)cc3)S(=O)(=O)[C@H]2c2cccc([N+](=O)[O-])c2)cc1. The zero-order chi connectivity index (χ0) is 27.0. The molecule has 1 aliphatic heterocycles. The van der Waals surface area contributed by atoms with Gasteiger partial charge in [0, 0.05) is 17.8 Å². The molecule has 1 fully saturated rings. The van der Waals surface area contributed by atoms with Gasteiger partial charge in [0.25, 0.3) is 11.6 Å². The maximum absolute atomic E-state index is 13.8. The monoisotopic (exact) mass is 520 g/mol. The summed E-state index contributed by atoms with van der Waals surface area (Å²) >= 11 is 0. The zero-order valence-corrected chi connectivity index (χ0v) is 21.9. The van der Waals surface area contributed by atoms with Gasteiger partial charge in [0.1, 0.15) is 10.7 Å². The van der Waals surface area contributed by atoms with Crippen LogP contribution in [0.5, 0.6) is 5.75 Å². The van der Waals surface area contributed by atoms with Crippen molar-refractivity contribution in [3.05, 3.63) is 105 Å². The second-order valence-electron chi connectivity index (χ2n) is 9.73. The first-order valence-electron chi connectivity index (χ1n) is 11.8. The number of benzene rings is 3. The molecule has 1 aliphatic rings. The molecule has 3 aromatic rings. The lowest BCUT2D eigenvalue weighted by Crippen LogP contribution is -2.29. The topological polar surface area (TPSA) is 107 Å². The van der Waals surface area contributed by atoms with E-state index in [9.17, 15) is 23.3 Å². The smallest absolute Gasteiger partial charge is 0.271 e. The van der Waals surface area contributed by atoms with Gasteiger partial charge in [-0.15, -0.1) is 0 Å². The molecule has 9 heteroatoms. The van der Waals surface area contributed by atoms with Crippen molar-refractivity contribution in [2.24, 2.45) is 0 Å². The van der Waals surface area contributed by atoms with Crippen molar-refractivity contribution in [3.63, 3.8) is 0 Å². The second-order valence-corrected chi connectivity index (χ2v) is 11.7. The average Bonchev–Trinajstić information content (AvgIpc) is 3.05. The van der Waals surface area contributed by atoms with Crippen LogP contribution in [0.1, 0.15) is 49.8 Å². The highest BCUT2D eigenvalue weighted by molar-refractivity contribution is 7.97. The van der Waals surface area contributed by atoms with Gasteiger partial charge in [0.05, 0.1) is 11.5 Å². The Balaban J connectivity index is 1.86. The van der Waals surface area contributed by atoms with Crippen molar-refractivity contribution >= 4 is 33.2 Å². The number of nitro benzene ring substituents is 1. The summed E-state index contributed by atoms with van der Waals surface area (Å²) in [5, 5.41) is 9.94. The van der Waals surface area contributed by atoms with Crippen molar-refractivity contribution in [2.45, 2.75) is 38.5 Å². The fourth-order valence-electron chi connectivity index (χ4n) is 4.22. The van der Waals surface area contributed by atoms with Gasteiger partial charge in [-0.2, -0.15) is 0 Å². The minimum atomic E-state index is -4.24. The molecule has 1 saturated heterocycles. The molecule has 192 valence electrons. The number of ether oxygens (including phenoxy) is 1. The molecule has 0 radical (unpaired) electrons. The Morgan fingerprint density at radius 2 is 1.68 bits per heavy atom. The first-order valence-corrected chi connectivity index (χ1v) is 13.3. The normalized spacial score (nSPS) is 18.3. The molecule has 1 atom stereocenters. The molecule has 0 N–H and O–H groups in total. The van der Waals surface area contributed by atoms with Crippen molar-refractivity contribution in [1.29, 1.82) is 0 Å². The summed E-state index contributed by atoms with van der Waals surface area (Å²) in [4.78, 5) is 25.3. The lowest BCUT2D eigenvalue weighted by molar-refractivity contribution is -0.384. The number of nitrogens with zero attached hydrogens (tertiary/aromatic N) is 2. The van der Waals surface area contributed by atoms with Crippen LogP contribution >= 0.6 is 0 Å². The number of carbonyl (C=O) groups is 1. The Kier molecular flexibility index (Phi) is 6.92. The number of amides is 1. The van der Waals surface area contributed by atoms with Gasteiger partial charge < -0.3 is 4.74 Å². The molecule has 8 nitrogen and oxygen atoms in total. The van der Waals surface area contributed by atoms with Crippen molar-refractivity contribution in [1.82, 2.24) is 0 Å². The number of hydrogen-bond donors (Lipinski definition) is 0. The molecule has 0 aromatic heterocycles. The van der Waals surface area contributed by atoms with Gasteiger partial charge in [0.2, 0.25) is 9.84 Å². The largest absolute Gasteiger partial charge is 0.494 e. The molecule has 0 bridgehead atoms. The summed E-state index contributed by atoms with van der Waals surface area (Å²) in [5.74, 6) is -0.136. The minimum Gasteiger partial charge on any atom is -0.494 e. The fraction of sp³-hybridized carbons (Fsp3) is 0.250. The molecule has 0 saturated carbocycles. The van der Waals surface area contributed by atoms with Crippen molar-refractivity contribution < 1.29 is 22.9 Å². The number of hydrogen-bond acceptors (Lipinski definition) is 6. The molecule has 37 heavy (non-hydrogen) atoms. The number of nitro groups is 1. The first-order chi connectivity index (χ1) is 17.4. The quantitative estimate of drug-likeness (QED) is 0.231. The van der Waals surface area contributed by atoms with Crippen LogP contribution in [0.4, 0.5) is 11.4 Å². The maximum Gasteiger partial charge on any atom is 0.271 e. The van der Waals surface area contributed by atoms with E-state index in [-0.39, 0.29) is 21.6 Å². The maximum atomic E-state index is 13.8. The minimum absolute atomic E-state index is 0.0848. The number of carbonyl (C=O) groups excluding carboxylic acids is 1. The fourth-order valence-corrected chi connectivity index (χ4v) is 6.11. The zero-order valence-electron chi connectivity index (χ0n) is 21.0. The van der Waals surface area contributed by atoms with Crippen LogP contribution < -0.4 is 9.64 Å². The van der Waals surface area contributed by atoms with E-state index in [4.69, 9.17) is 4.74 Å². The third kappa shape index (κ3) is 5.13. The molecule has 0 spiro atoms. The van der Waals surface area contributed by atoms with E-state index >= 15 is 0 Å². The Morgan fingerprint density at radius 1 is 1.03 bits per heavy atom. The second kappa shape index (κ2) is 9.82. The van der Waals surface area contributed by atoms with E-state index in [0.717, 1.165) is 5.56 Å². The third-order valence-corrected chi connectivity index (χ3v) is 8.11. The Bertz CT molecular complexity index is 1470. The highest BCUT2D eigenvalue weighted by Gasteiger charge is 2.50. The summed E-state index contributed by atoms with van der Waals surface area (Å²) in [5.41, 5.74) is 1.75. The lowest BCUT2D eigenvalue weighted by Gasteiger charge is -2.23. The van der Waals surface area contributed by atoms with Crippen LogP contribution in [0.2, 0.25) is 0 Å². The van der Waals surface area contributed by atoms with Gasteiger partial charge in [-0.25, -0.2) is 8.42 Å². The number of anilines is 1. The highest BCUT2D eigenvalue weighted by Crippen LogP contribution is 2.44. The molecule has 1 heterocycles. The van der Waals surface area contributed by atoms with E-state index in [1.165, 1.54) is 35.2 Å². The third-order valence-electron chi connectivity index (χ3n) is 6.13. The summed E-state index contributed by atoms with van der Waals surface area (Å²) in [6, 6.07) is 19.2. The predicted octanol–water partition coefficient (Wildman–Crippen LogP) is 5.79. The van der Waals surface area contributed by atoms with E-state index in [1.807, 2.05) is 19.1 Å². The van der Waals surface area contributed by atoms with Crippen LogP contribution in [-0.2, 0) is 20.0 Å². The summed E-state index contributed by atoms with van der Waals surface area (Å²) in [6.07, 6.45) is 1.36. The number of non-ortho nitro benzene ring substituents is 1. The summed E-state index contributed by atoms with van der Waals surface area (Å²) < 4.78 is 33.2. The summed E-state index contributed by atoms with van der Waals surface area (Å²) in [7, 11) is -4.24. The Hall–Kier alpha value is -3.98. The van der Waals surface area contributed by atoms with Crippen molar-refractivity contribution in [3.8, 4) is 5.75 Å². The standard InChI is InChI=1S/C28H28N2O6S/c1-5-36-24-15-13-22(14-16-24)29-26(31)25(17-19-9-11-21(12-10-19)28(2,3)4)37(34,35)27(29)20-7-6-8-23(18-20)30(32)33/h6-18,27H,5H2,1-4H3/b25-17+/t27-/m0/s1. The molecule has 0 unspecified atom stereocenters. The van der Waals surface area contributed by atoms with Crippen LogP contribution in [-0.4, -0.2) is 25.9 Å². The molecular formula is C28H28N2O6S. The van der Waals surface area contributed by atoms with Gasteiger partial charge in [-0.05, 0) is 59.4 Å². The van der Waals surface area contributed by atoms with Crippen LogP contribution in [0.15, 0.2) is 77.7 Å². The van der Waals surface area contributed by atoms with Gasteiger partial charge >= 0.3 is 0 Å². The average molecular weight is 521 g/mol. The van der Waals surface area contributed by atoms with Gasteiger partial charge in [0.15, 0.2) is 5.37 Å². The van der Waals surface area contributed by atoms with E-state index in [0.29, 0.717) is 23.6 Å². The Labute approximate surface area is 216 Å². The molecule has 0 aliphatic carbocycles. The molecule has 3 aromatic carbocycles. The van der Waals surface area contributed by atoms with E-state index < -0.39 is 26.0 Å². The molecule has 1 amide bonds. The molecule has 4 rings (SSSR count). The Morgan fingerprint density at radius 3 is 2.24 bits per heavy atom. The highest BCUT2D eigenvalue weighted by atomic mass is 32.2. The van der Waals surface area contributed by atoms with Crippen LogP contribution in [0, 0.1) is 10.1 Å². The lowest BCUT2D eigenvalue weighted by atomic mass is 9.87. The van der Waals surface area contributed by atoms with E-state index in [2.05, 4.69) is 20.8 Å².